The summed E-state index contributed by atoms with van der Waals surface area (Å²) < 4.78 is 0. The SMILES string of the molecule is CCc1cc(NN)ccn1. The molecule has 10 heavy (non-hydrogen) atoms. The van der Waals surface area contributed by atoms with Crippen molar-refractivity contribution in [3.63, 3.8) is 0 Å². The molecule has 54 valence electrons. The molecule has 1 aromatic heterocycles. The Hall–Kier alpha value is -1.09. The van der Waals surface area contributed by atoms with E-state index in [2.05, 4.69) is 17.3 Å². The fourth-order valence-electron chi connectivity index (χ4n) is 0.761. The Bertz CT molecular complexity index is 191. The highest BCUT2D eigenvalue weighted by molar-refractivity contribution is 5.41. The molecule has 0 radical (unpaired) electrons. The Balaban J connectivity index is 2.87. The summed E-state index contributed by atoms with van der Waals surface area (Å²) in [6, 6.07) is 3.76. The van der Waals surface area contributed by atoms with E-state index >= 15 is 0 Å². The Morgan fingerprint density at radius 3 is 3.10 bits per heavy atom. The number of hydrogen-bond donors (Lipinski definition) is 2. The lowest BCUT2D eigenvalue weighted by Crippen LogP contribution is -2.06. The van der Waals surface area contributed by atoms with Gasteiger partial charge in [-0.05, 0) is 18.6 Å². The van der Waals surface area contributed by atoms with Crippen molar-refractivity contribution >= 4 is 5.69 Å². The van der Waals surface area contributed by atoms with E-state index in [0.29, 0.717) is 0 Å². The molecule has 1 aromatic rings. The number of nitrogens with two attached hydrogens (primary N) is 1. The number of nitrogens with one attached hydrogen (secondary N) is 1. The summed E-state index contributed by atoms with van der Waals surface area (Å²) in [4.78, 5) is 4.11. The van der Waals surface area contributed by atoms with E-state index in [1.807, 2.05) is 12.1 Å². The van der Waals surface area contributed by atoms with Gasteiger partial charge in [0.25, 0.3) is 0 Å². The van der Waals surface area contributed by atoms with Crippen LogP contribution in [0, 0.1) is 0 Å². The van der Waals surface area contributed by atoms with Crippen molar-refractivity contribution in [2.45, 2.75) is 13.3 Å². The molecule has 0 aliphatic carbocycles. The van der Waals surface area contributed by atoms with E-state index < -0.39 is 0 Å². The molecule has 0 bridgehead atoms. The molecule has 3 heteroatoms. The van der Waals surface area contributed by atoms with Crippen molar-refractivity contribution in [1.29, 1.82) is 0 Å². The van der Waals surface area contributed by atoms with Gasteiger partial charge in [-0.15, -0.1) is 0 Å². The summed E-state index contributed by atoms with van der Waals surface area (Å²) in [5, 5.41) is 0. The highest BCUT2D eigenvalue weighted by Gasteiger charge is 1.90. The largest absolute Gasteiger partial charge is 0.324 e. The topological polar surface area (TPSA) is 50.9 Å². The zero-order valence-electron chi connectivity index (χ0n) is 5.96. The summed E-state index contributed by atoms with van der Waals surface area (Å²) in [5.74, 6) is 5.20. The molecule has 3 nitrogen and oxygen atoms in total. The summed E-state index contributed by atoms with van der Waals surface area (Å²) in [6.07, 6.45) is 2.68. The summed E-state index contributed by atoms with van der Waals surface area (Å²) in [7, 11) is 0. The molecule has 0 saturated carbocycles. The number of nitrogens with zero attached hydrogens (tertiary/aromatic N) is 1. The number of rotatable bonds is 2. The van der Waals surface area contributed by atoms with Gasteiger partial charge in [0, 0.05) is 11.9 Å². The maximum Gasteiger partial charge on any atom is 0.0518 e. The van der Waals surface area contributed by atoms with Gasteiger partial charge in [0.05, 0.1) is 5.69 Å². The number of aromatic nitrogens is 1. The summed E-state index contributed by atoms with van der Waals surface area (Å²) >= 11 is 0. The molecule has 0 spiro atoms. The van der Waals surface area contributed by atoms with E-state index in [1.165, 1.54) is 0 Å². The first kappa shape index (κ1) is 7.02. The molecule has 0 aromatic carbocycles. The van der Waals surface area contributed by atoms with Crippen LogP contribution in [0.5, 0.6) is 0 Å². The van der Waals surface area contributed by atoms with Crippen LogP contribution < -0.4 is 11.3 Å². The number of pyridine rings is 1. The van der Waals surface area contributed by atoms with Gasteiger partial charge in [0.2, 0.25) is 0 Å². The van der Waals surface area contributed by atoms with Gasteiger partial charge in [-0.2, -0.15) is 0 Å². The second-order valence-electron chi connectivity index (χ2n) is 2.03. The lowest BCUT2D eigenvalue weighted by atomic mass is 10.3. The monoisotopic (exact) mass is 137 g/mol. The highest BCUT2D eigenvalue weighted by atomic mass is 15.2. The van der Waals surface area contributed by atoms with Crippen molar-refractivity contribution in [2.75, 3.05) is 5.43 Å². The first-order chi connectivity index (χ1) is 4.86. The van der Waals surface area contributed by atoms with Crippen molar-refractivity contribution in [3.05, 3.63) is 24.0 Å². The van der Waals surface area contributed by atoms with E-state index in [-0.39, 0.29) is 0 Å². The Morgan fingerprint density at radius 2 is 2.50 bits per heavy atom. The molecule has 0 amide bonds. The van der Waals surface area contributed by atoms with Crippen LogP contribution in [0.2, 0.25) is 0 Å². The average molecular weight is 137 g/mol. The normalized spacial score (nSPS) is 9.40. The van der Waals surface area contributed by atoms with Crippen LogP contribution in [-0.4, -0.2) is 4.98 Å². The number of aryl methyl sites for hydroxylation is 1. The molecule has 1 heterocycles. The first-order valence-electron chi connectivity index (χ1n) is 3.28. The molecule has 0 fully saturated rings. The highest BCUT2D eigenvalue weighted by Crippen LogP contribution is 2.05. The summed E-state index contributed by atoms with van der Waals surface area (Å²) in [5.41, 5.74) is 4.52. The van der Waals surface area contributed by atoms with Gasteiger partial charge in [0.1, 0.15) is 0 Å². The van der Waals surface area contributed by atoms with Gasteiger partial charge in [-0.1, -0.05) is 6.92 Å². The first-order valence-corrected chi connectivity index (χ1v) is 3.28. The minimum absolute atomic E-state index is 0.909. The average Bonchev–Trinajstić information content (AvgIpc) is 2.05. The summed E-state index contributed by atoms with van der Waals surface area (Å²) in [6.45, 7) is 2.06. The standard InChI is InChI=1S/C7H11N3/c1-2-6-5-7(10-8)3-4-9-6/h3-5H,2,8H2,1H3,(H,9,10). The minimum Gasteiger partial charge on any atom is -0.324 e. The number of anilines is 1. The van der Waals surface area contributed by atoms with Gasteiger partial charge in [-0.3, -0.25) is 10.8 Å². The molecule has 0 aliphatic heterocycles. The molecule has 3 N–H and O–H groups in total. The van der Waals surface area contributed by atoms with Crippen molar-refractivity contribution in [1.82, 2.24) is 4.98 Å². The van der Waals surface area contributed by atoms with Gasteiger partial charge < -0.3 is 5.43 Å². The number of nitrogen functional groups attached to an aromatic ring is 1. The molecule has 0 saturated heterocycles. The Morgan fingerprint density at radius 1 is 1.70 bits per heavy atom. The van der Waals surface area contributed by atoms with Gasteiger partial charge in [-0.25, -0.2) is 0 Å². The van der Waals surface area contributed by atoms with E-state index in [1.54, 1.807) is 6.20 Å². The van der Waals surface area contributed by atoms with Crippen LogP contribution >= 0.6 is 0 Å². The van der Waals surface area contributed by atoms with Crippen LogP contribution in [0.4, 0.5) is 5.69 Å². The fourth-order valence-corrected chi connectivity index (χ4v) is 0.761. The maximum atomic E-state index is 5.20. The molecule has 0 atom stereocenters. The molecular weight excluding hydrogens is 126 g/mol. The quantitative estimate of drug-likeness (QED) is 0.471. The third kappa shape index (κ3) is 1.45. The zero-order chi connectivity index (χ0) is 7.40. The predicted octanol–water partition coefficient (Wildman–Crippen LogP) is 0.930. The van der Waals surface area contributed by atoms with Gasteiger partial charge in [0.15, 0.2) is 0 Å². The smallest absolute Gasteiger partial charge is 0.0518 e. The lowest BCUT2D eigenvalue weighted by molar-refractivity contribution is 1.03. The Labute approximate surface area is 60.2 Å². The minimum atomic E-state index is 0.909. The van der Waals surface area contributed by atoms with E-state index in [0.717, 1.165) is 17.8 Å². The predicted molar refractivity (Wildman–Crippen MR) is 41.4 cm³/mol. The van der Waals surface area contributed by atoms with Crippen molar-refractivity contribution in [3.8, 4) is 0 Å². The van der Waals surface area contributed by atoms with Crippen LogP contribution in [0.1, 0.15) is 12.6 Å². The van der Waals surface area contributed by atoms with Crippen LogP contribution in [0.3, 0.4) is 0 Å². The van der Waals surface area contributed by atoms with Crippen LogP contribution in [0.15, 0.2) is 18.3 Å². The van der Waals surface area contributed by atoms with Crippen LogP contribution in [0.25, 0.3) is 0 Å². The number of hydrogen-bond acceptors (Lipinski definition) is 3. The van der Waals surface area contributed by atoms with E-state index in [9.17, 15) is 0 Å². The third-order valence-electron chi connectivity index (χ3n) is 1.35. The zero-order valence-corrected chi connectivity index (χ0v) is 5.96. The molecule has 1 rings (SSSR count). The molecule has 0 aliphatic rings. The molecule has 0 unspecified atom stereocenters. The second-order valence-corrected chi connectivity index (χ2v) is 2.03. The van der Waals surface area contributed by atoms with Gasteiger partial charge >= 0.3 is 0 Å². The number of hydrazine groups is 1. The maximum absolute atomic E-state index is 5.20. The van der Waals surface area contributed by atoms with Crippen LogP contribution in [-0.2, 0) is 6.42 Å². The lowest BCUT2D eigenvalue weighted by Gasteiger charge is -1.99. The van der Waals surface area contributed by atoms with E-state index in [4.69, 9.17) is 5.84 Å². The fraction of sp³-hybridized carbons (Fsp3) is 0.286. The van der Waals surface area contributed by atoms with Crippen molar-refractivity contribution in [2.24, 2.45) is 5.84 Å². The molecular formula is C7H11N3. The Kier molecular flexibility index (Phi) is 2.23. The van der Waals surface area contributed by atoms with Crippen molar-refractivity contribution < 1.29 is 0 Å². The second kappa shape index (κ2) is 3.17. The third-order valence-corrected chi connectivity index (χ3v) is 1.35.